The third kappa shape index (κ3) is 5.04. The number of nitrogens with zero attached hydrogens (tertiary/aromatic N) is 3. The van der Waals surface area contributed by atoms with Crippen LogP contribution in [0, 0.1) is 5.92 Å². The summed E-state index contributed by atoms with van der Waals surface area (Å²) < 4.78 is 7.38. The first-order valence-corrected chi connectivity index (χ1v) is 12.8. The minimum Gasteiger partial charge on any atom is -0.381 e. The number of aromatic nitrogens is 2. The number of likely N-dealkylation sites (tertiary alicyclic amines) is 1. The van der Waals surface area contributed by atoms with Crippen LogP contribution in [0.3, 0.4) is 0 Å². The Bertz CT molecular complexity index is 859. The molecule has 3 aliphatic rings. The second kappa shape index (κ2) is 9.84. The van der Waals surface area contributed by atoms with E-state index in [0.717, 1.165) is 50.6 Å². The highest BCUT2D eigenvalue weighted by molar-refractivity contribution is 7.12. The molecule has 1 atom stereocenters. The van der Waals surface area contributed by atoms with Crippen molar-refractivity contribution in [3.8, 4) is 0 Å². The van der Waals surface area contributed by atoms with Gasteiger partial charge in [-0.05, 0) is 50.2 Å². The van der Waals surface area contributed by atoms with Gasteiger partial charge < -0.3 is 10.1 Å². The maximum atomic E-state index is 12.5. The molecule has 1 aliphatic carbocycles. The lowest BCUT2D eigenvalue weighted by Gasteiger charge is -2.32. The number of hydrogen-bond donors (Lipinski definition) is 1. The maximum absolute atomic E-state index is 12.5. The molecule has 0 bridgehead atoms. The number of amides is 1. The molecule has 5 rings (SSSR count). The van der Waals surface area contributed by atoms with Gasteiger partial charge in [0, 0.05) is 42.1 Å². The predicted octanol–water partition coefficient (Wildman–Crippen LogP) is 4.80. The number of nitrogens with one attached hydrogen (secondary N) is 1. The number of anilines is 1. The van der Waals surface area contributed by atoms with Gasteiger partial charge in [0.15, 0.2) is 0 Å². The molecule has 4 heterocycles. The van der Waals surface area contributed by atoms with Gasteiger partial charge in [-0.1, -0.05) is 19.3 Å². The SMILES string of the molecule is O=C(Nc1ccnn1C1CCN(Cc2ccc(C3CCCCC3)s2)CC1)[C@H]1CCOC1. The Hall–Kier alpha value is -1.70. The van der Waals surface area contributed by atoms with Gasteiger partial charge >= 0.3 is 0 Å². The van der Waals surface area contributed by atoms with Crippen LogP contribution in [-0.2, 0) is 16.1 Å². The van der Waals surface area contributed by atoms with Crippen LogP contribution in [0.5, 0.6) is 0 Å². The minimum atomic E-state index is -0.0329. The molecular weight excluding hydrogens is 408 g/mol. The first-order chi connectivity index (χ1) is 15.3. The van der Waals surface area contributed by atoms with Gasteiger partial charge in [-0.3, -0.25) is 9.69 Å². The van der Waals surface area contributed by atoms with Crippen molar-refractivity contribution in [2.75, 3.05) is 31.6 Å². The van der Waals surface area contributed by atoms with Crippen LogP contribution in [-0.4, -0.2) is 46.9 Å². The smallest absolute Gasteiger partial charge is 0.231 e. The fraction of sp³-hybridized carbons (Fsp3) is 0.667. The monoisotopic (exact) mass is 442 g/mol. The lowest BCUT2D eigenvalue weighted by molar-refractivity contribution is -0.119. The number of hydrogen-bond acceptors (Lipinski definition) is 5. The van der Waals surface area contributed by atoms with Crippen molar-refractivity contribution < 1.29 is 9.53 Å². The fourth-order valence-corrected chi connectivity index (χ4v) is 6.53. The standard InChI is InChI=1S/C24H34N4O2S/c29-24(19-11-15-30-17-19)26-23-8-12-25-28(23)20-9-13-27(14-10-20)16-21-6-7-22(31-21)18-4-2-1-3-5-18/h6-8,12,18-20H,1-5,9-11,13-17H2,(H,26,29)/t19-/m0/s1. The van der Waals surface area contributed by atoms with E-state index in [-0.39, 0.29) is 11.8 Å². The molecule has 168 valence electrons. The Morgan fingerprint density at radius 2 is 1.94 bits per heavy atom. The van der Waals surface area contributed by atoms with E-state index in [9.17, 15) is 4.79 Å². The van der Waals surface area contributed by atoms with Gasteiger partial charge in [0.2, 0.25) is 5.91 Å². The van der Waals surface area contributed by atoms with Crippen LogP contribution in [0.2, 0.25) is 0 Å². The highest BCUT2D eigenvalue weighted by atomic mass is 32.1. The Labute approximate surface area is 189 Å². The topological polar surface area (TPSA) is 59.4 Å². The average molecular weight is 443 g/mol. The maximum Gasteiger partial charge on any atom is 0.231 e. The second-order valence-electron chi connectivity index (χ2n) is 9.36. The van der Waals surface area contributed by atoms with E-state index in [0.29, 0.717) is 19.3 Å². The average Bonchev–Trinajstić information content (AvgIpc) is 3.57. The Morgan fingerprint density at radius 3 is 2.71 bits per heavy atom. The summed E-state index contributed by atoms with van der Waals surface area (Å²) >= 11 is 2.04. The zero-order chi connectivity index (χ0) is 21.0. The summed E-state index contributed by atoms with van der Waals surface area (Å²) in [4.78, 5) is 18.2. The van der Waals surface area contributed by atoms with Gasteiger partial charge in [-0.15, -0.1) is 11.3 Å². The molecule has 1 amide bonds. The fourth-order valence-electron chi connectivity index (χ4n) is 5.30. The molecule has 1 saturated carbocycles. The molecule has 0 spiro atoms. The van der Waals surface area contributed by atoms with E-state index in [1.54, 1.807) is 11.1 Å². The Balaban J connectivity index is 1.13. The molecule has 31 heavy (non-hydrogen) atoms. The number of thiophene rings is 1. The first kappa shape index (κ1) is 21.2. The van der Waals surface area contributed by atoms with Crippen LogP contribution in [0.15, 0.2) is 24.4 Å². The van der Waals surface area contributed by atoms with E-state index < -0.39 is 0 Å². The van der Waals surface area contributed by atoms with Crippen molar-refractivity contribution in [2.24, 2.45) is 5.92 Å². The molecule has 2 aliphatic heterocycles. The number of piperidine rings is 1. The van der Waals surface area contributed by atoms with Crippen LogP contribution in [0.4, 0.5) is 5.82 Å². The number of carbonyl (C=O) groups excluding carboxylic acids is 1. The molecule has 0 unspecified atom stereocenters. The van der Waals surface area contributed by atoms with Crippen LogP contribution < -0.4 is 5.32 Å². The summed E-state index contributed by atoms with van der Waals surface area (Å²) in [7, 11) is 0. The van der Waals surface area contributed by atoms with E-state index in [1.807, 2.05) is 22.1 Å². The molecule has 6 nitrogen and oxygen atoms in total. The molecule has 2 aromatic heterocycles. The zero-order valence-corrected chi connectivity index (χ0v) is 19.1. The van der Waals surface area contributed by atoms with Crippen LogP contribution >= 0.6 is 11.3 Å². The highest BCUT2D eigenvalue weighted by Crippen LogP contribution is 2.37. The Morgan fingerprint density at radius 1 is 1.10 bits per heavy atom. The number of ether oxygens (including phenoxy) is 1. The van der Waals surface area contributed by atoms with E-state index >= 15 is 0 Å². The van der Waals surface area contributed by atoms with Crippen LogP contribution in [0.1, 0.15) is 73.1 Å². The molecule has 3 fully saturated rings. The van der Waals surface area contributed by atoms with Crippen molar-refractivity contribution in [3.05, 3.63) is 34.2 Å². The lowest BCUT2D eigenvalue weighted by Crippen LogP contribution is -2.35. The summed E-state index contributed by atoms with van der Waals surface area (Å²) in [6.45, 7) is 4.43. The van der Waals surface area contributed by atoms with E-state index in [1.165, 1.54) is 37.0 Å². The predicted molar refractivity (Wildman–Crippen MR) is 123 cm³/mol. The minimum absolute atomic E-state index is 0.0329. The van der Waals surface area contributed by atoms with Gasteiger partial charge in [0.05, 0.1) is 24.8 Å². The van der Waals surface area contributed by atoms with Gasteiger partial charge in [0.25, 0.3) is 0 Å². The zero-order valence-electron chi connectivity index (χ0n) is 18.3. The quantitative estimate of drug-likeness (QED) is 0.698. The molecule has 0 radical (unpaired) electrons. The van der Waals surface area contributed by atoms with Crippen molar-refractivity contribution in [3.63, 3.8) is 0 Å². The molecule has 7 heteroatoms. The third-order valence-electron chi connectivity index (χ3n) is 7.19. The molecular formula is C24H34N4O2S. The normalized spacial score (nSPS) is 23.9. The van der Waals surface area contributed by atoms with Crippen molar-refractivity contribution in [1.82, 2.24) is 14.7 Å². The van der Waals surface area contributed by atoms with Gasteiger partial charge in [-0.2, -0.15) is 5.10 Å². The molecule has 1 N–H and O–H groups in total. The molecule has 2 aromatic rings. The summed E-state index contributed by atoms with van der Waals surface area (Å²) in [5.41, 5.74) is 0. The van der Waals surface area contributed by atoms with Crippen molar-refractivity contribution in [1.29, 1.82) is 0 Å². The summed E-state index contributed by atoms with van der Waals surface area (Å²) in [6.07, 6.45) is 11.7. The lowest BCUT2D eigenvalue weighted by atomic mass is 9.88. The molecule has 0 aromatic carbocycles. The highest BCUT2D eigenvalue weighted by Gasteiger charge is 2.27. The summed E-state index contributed by atoms with van der Waals surface area (Å²) in [5.74, 6) is 1.66. The van der Waals surface area contributed by atoms with E-state index in [4.69, 9.17) is 4.74 Å². The van der Waals surface area contributed by atoms with Crippen molar-refractivity contribution >= 4 is 23.1 Å². The number of rotatable bonds is 6. The third-order valence-corrected chi connectivity index (χ3v) is 8.43. The largest absolute Gasteiger partial charge is 0.381 e. The van der Waals surface area contributed by atoms with Crippen molar-refractivity contribution in [2.45, 2.75) is 69.9 Å². The molecule has 2 saturated heterocycles. The van der Waals surface area contributed by atoms with Gasteiger partial charge in [-0.25, -0.2) is 4.68 Å². The summed E-state index contributed by atoms with van der Waals surface area (Å²) in [6, 6.07) is 7.01. The first-order valence-electron chi connectivity index (χ1n) is 12.0. The van der Waals surface area contributed by atoms with Crippen LogP contribution in [0.25, 0.3) is 0 Å². The summed E-state index contributed by atoms with van der Waals surface area (Å²) in [5, 5.41) is 7.62. The van der Waals surface area contributed by atoms with E-state index in [2.05, 4.69) is 27.4 Å². The Kier molecular flexibility index (Phi) is 6.72. The van der Waals surface area contributed by atoms with Gasteiger partial charge in [0.1, 0.15) is 5.82 Å². The second-order valence-corrected chi connectivity index (χ2v) is 10.6. The number of carbonyl (C=O) groups is 1.